The molecule has 1 aromatic carbocycles. The Bertz CT molecular complexity index is 716. The molecular formula is C9H5BrO5S. The van der Waals surface area contributed by atoms with Gasteiger partial charge in [0.25, 0.3) is 0 Å². The monoisotopic (exact) mass is 304 g/mol. The highest BCUT2D eigenvalue weighted by atomic mass is 79.9. The second-order valence-electron chi connectivity index (χ2n) is 3.06. The fourth-order valence-corrected chi connectivity index (χ4v) is 2.16. The predicted molar refractivity (Wildman–Crippen MR) is 60.0 cm³/mol. The maximum atomic E-state index is 11.2. The number of fused-ring (bicyclic) bond motifs is 1. The molecule has 84 valence electrons. The van der Waals surface area contributed by atoms with Crippen LogP contribution in [0.25, 0.3) is 11.0 Å². The van der Waals surface area contributed by atoms with Gasteiger partial charge in [-0.15, -0.1) is 0 Å². The Morgan fingerprint density at radius 2 is 1.94 bits per heavy atom. The minimum atomic E-state index is -4.56. The highest BCUT2D eigenvalue weighted by molar-refractivity contribution is 9.10. The summed E-state index contributed by atoms with van der Waals surface area (Å²) in [7, 11) is -4.56. The lowest BCUT2D eigenvalue weighted by molar-refractivity contribution is 0.470. The number of halogens is 1. The van der Waals surface area contributed by atoms with E-state index in [0.717, 1.165) is 6.07 Å². The molecule has 1 N–H and O–H groups in total. The van der Waals surface area contributed by atoms with Gasteiger partial charge in [0.05, 0.1) is 0 Å². The second kappa shape index (κ2) is 3.69. The van der Waals surface area contributed by atoms with Gasteiger partial charge < -0.3 is 4.42 Å². The van der Waals surface area contributed by atoms with Crippen LogP contribution in [-0.4, -0.2) is 13.0 Å². The molecule has 0 fully saturated rings. The van der Waals surface area contributed by atoms with Crippen LogP contribution in [0.2, 0.25) is 0 Å². The van der Waals surface area contributed by atoms with E-state index in [1.165, 1.54) is 6.07 Å². The quantitative estimate of drug-likeness (QED) is 0.641. The van der Waals surface area contributed by atoms with Gasteiger partial charge in [0.2, 0.25) is 0 Å². The SMILES string of the molecule is O=c1oc2ccc(Br)cc2cc1S(=O)(=O)O. The third-order valence-corrected chi connectivity index (χ3v) is 3.27. The van der Waals surface area contributed by atoms with Crippen molar-refractivity contribution >= 4 is 37.0 Å². The van der Waals surface area contributed by atoms with Gasteiger partial charge in [0.1, 0.15) is 5.58 Å². The molecule has 0 spiro atoms. The van der Waals surface area contributed by atoms with Crippen LogP contribution in [0.4, 0.5) is 0 Å². The molecule has 0 bridgehead atoms. The summed E-state index contributed by atoms with van der Waals surface area (Å²) in [5.41, 5.74) is -0.835. The minimum Gasteiger partial charge on any atom is -0.422 e. The smallest absolute Gasteiger partial charge is 0.357 e. The van der Waals surface area contributed by atoms with Crippen molar-refractivity contribution in [2.75, 3.05) is 0 Å². The maximum absolute atomic E-state index is 11.2. The van der Waals surface area contributed by atoms with Gasteiger partial charge in [0.15, 0.2) is 4.90 Å². The van der Waals surface area contributed by atoms with Crippen LogP contribution in [0.1, 0.15) is 0 Å². The van der Waals surface area contributed by atoms with Crippen molar-refractivity contribution in [2.24, 2.45) is 0 Å². The normalized spacial score (nSPS) is 11.9. The second-order valence-corrected chi connectivity index (χ2v) is 5.36. The van der Waals surface area contributed by atoms with Crippen LogP contribution < -0.4 is 5.63 Å². The molecule has 5 nitrogen and oxygen atoms in total. The zero-order chi connectivity index (χ0) is 11.9. The fourth-order valence-electron chi connectivity index (χ4n) is 1.26. The largest absolute Gasteiger partial charge is 0.422 e. The van der Waals surface area contributed by atoms with Gasteiger partial charge in [-0.05, 0) is 24.3 Å². The van der Waals surface area contributed by atoms with Gasteiger partial charge in [-0.3, -0.25) is 4.55 Å². The van der Waals surface area contributed by atoms with Crippen LogP contribution in [0, 0.1) is 0 Å². The molecule has 16 heavy (non-hydrogen) atoms. The van der Waals surface area contributed by atoms with E-state index in [1.807, 2.05) is 0 Å². The van der Waals surface area contributed by atoms with Gasteiger partial charge in [-0.25, -0.2) is 4.79 Å². The molecule has 0 aliphatic heterocycles. The third kappa shape index (κ3) is 2.01. The van der Waals surface area contributed by atoms with Crippen LogP contribution >= 0.6 is 15.9 Å². The van der Waals surface area contributed by atoms with E-state index in [2.05, 4.69) is 15.9 Å². The fraction of sp³-hybridized carbons (Fsp3) is 0. The molecule has 7 heteroatoms. The summed E-state index contributed by atoms with van der Waals surface area (Å²) >= 11 is 3.19. The Morgan fingerprint density at radius 1 is 1.25 bits per heavy atom. The standard InChI is InChI=1S/C9H5BrO5S/c10-6-1-2-7-5(3-6)4-8(9(11)15-7)16(12,13)14/h1-4H,(H,12,13,14). The Hall–Kier alpha value is -1.18. The molecule has 0 saturated heterocycles. The third-order valence-electron chi connectivity index (χ3n) is 1.94. The van der Waals surface area contributed by atoms with E-state index in [1.54, 1.807) is 12.1 Å². The molecule has 0 unspecified atom stereocenters. The first-order valence-corrected chi connectivity index (χ1v) is 6.32. The zero-order valence-corrected chi connectivity index (χ0v) is 10.1. The molecule has 2 rings (SSSR count). The van der Waals surface area contributed by atoms with Crippen molar-refractivity contribution < 1.29 is 17.4 Å². The summed E-state index contributed by atoms with van der Waals surface area (Å²) in [6.07, 6.45) is 0. The summed E-state index contributed by atoms with van der Waals surface area (Å²) in [6.45, 7) is 0. The topological polar surface area (TPSA) is 84.6 Å². The Labute approximate surface area is 98.6 Å². The lowest BCUT2D eigenvalue weighted by atomic mass is 10.2. The van der Waals surface area contributed by atoms with Crippen molar-refractivity contribution in [3.63, 3.8) is 0 Å². The molecule has 0 aliphatic rings. The summed E-state index contributed by atoms with van der Waals surface area (Å²) in [6, 6.07) is 5.82. The molecule has 1 heterocycles. The molecule has 0 aliphatic carbocycles. The highest BCUT2D eigenvalue weighted by Gasteiger charge is 2.17. The van der Waals surface area contributed by atoms with Crippen molar-refractivity contribution in [1.29, 1.82) is 0 Å². The average Bonchev–Trinajstić information content (AvgIpc) is 2.16. The molecule has 0 amide bonds. The van der Waals surface area contributed by atoms with Gasteiger partial charge in [0, 0.05) is 9.86 Å². The number of hydrogen-bond acceptors (Lipinski definition) is 4. The Kier molecular flexibility index (Phi) is 2.61. The molecule has 0 saturated carbocycles. The maximum Gasteiger partial charge on any atom is 0.357 e. The predicted octanol–water partition coefficient (Wildman–Crippen LogP) is 1.80. The summed E-state index contributed by atoms with van der Waals surface area (Å²) in [5, 5.41) is 0.404. The number of benzene rings is 1. The van der Waals surface area contributed by atoms with Crippen LogP contribution in [0.3, 0.4) is 0 Å². The lowest BCUT2D eigenvalue weighted by Gasteiger charge is -1.99. The molecule has 0 atom stereocenters. The van der Waals surface area contributed by atoms with Crippen molar-refractivity contribution in [1.82, 2.24) is 0 Å². The highest BCUT2D eigenvalue weighted by Crippen LogP contribution is 2.20. The molecule has 1 aromatic heterocycles. The van der Waals surface area contributed by atoms with Gasteiger partial charge in [-0.1, -0.05) is 15.9 Å². The van der Waals surface area contributed by atoms with Crippen LogP contribution in [0.15, 0.2) is 42.8 Å². The first-order chi connectivity index (χ1) is 7.38. The first-order valence-electron chi connectivity index (χ1n) is 4.09. The van der Waals surface area contributed by atoms with E-state index >= 15 is 0 Å². The zero-order valence-electron chi connectivity index (χ0n) is 7.68. The van der Waals surface area contributed by atoms with Crippen molar-refractivity contribution in [2.45, 2.75) is 4.90 Å². The minimum absolute atomic E-state index is 0.251. The average molecular weight is 305 g/mol. The molecule has 2 aromatic rings. The Morgan fingerprint density at radius 3 is 2.56 bits per heavy atom. The lowest BCUT2D eigenvalue weighted by Crippen LogP contribution is -2.12. The Balaban J connectivity index is 2.90. The van der Waals surface area contributed by atoms with Gasteiger partial charge in [-0.2, -0.15) is 8.42 Å². The van der Waals surface area contributed by atoms with E-state index in [9.17, 15) is 13.2 Å². The first kappa shape index (κ1) is 11.3. The number of rotatable bonds is 1. The molecular weight excluding hydrogens is 300 g/mol. The van der Waals surface area contributed by atoms with Crippen LogP contribution in [-0.2, 0) is 10.1 Å². The van der Waals surface area contributed by atoms with E-state index in [0.29, 0.717) is 9.86 Å². The van der Waals surface area contributed by atoms with E-state index < -0.39 is 20.6 Å². The van der Waals surface area contributed by atoms with E-state index in [4.69, 9.17) is 8.97 Å². The molecule has 0 radical (unpaired) electrons. The summed E-state index contributed by atoms with van der Waals surface area (Å²) in [4.78, 5) is 10.5. The number of hydrogen-bond donors (Lipinski definition) is 1. The summed E-state index contributed by atoms with van der Waals surface area (Å²) in [5.74, 6) is 0. The van der Waals surface area contributed by atoms with Crippen LogP contribution in [0.5, 0.6) is 0 Å². The van der Waals surface area contributed by atoms with Gasteiger partial charge >= 0.3 is 15.7 Å². The van der Waals surface area contributed by atoms with Crippen molar-refractivity contribution in [3.05, 3.63) is 39.2 Å². The summed E-state index contributed by atoms with van der Waals surface area (Å²) < 4.78 is 36.0. The van der Waals surface area contributed by atoms with Crippen molar-refractivity contribution in [3.8, 4) is 0 Å². The van der Waals surface area contributed by atoms with E-state index in [-0.39, 0.29) is 5.58 Å².